The Morgan fingerprint density at radius 1 is 0.829 bits per heavy atom. The predicted octanol–water partition coefficient (Wildman–Crippen LogP) is 3.87. The van der Waals surface area contributed by atoms with Crippen LogP contribution in [0.1, 0.15) is 85.6 Å². The first-order valence-corrected chi connectivity index (χ1v) is 24.9. The van der Waals surface area contributed by atoms with Gasteiger partial charge in [0.15, 0.2) is 0 Å². The molecule has 0 aliphatic carbocycles. The third kappa shape index (κ3) is 8.65. The van der Waals surface area contributed by atoms with Crippen LogP contribution in [0.4, 0.5) is 23.1 Å². The van der Waals surface area contributed by atoms with E-state index >= 15 is 0 Å². The van der Waals surface area contributed by atoms with Gasteiger partial charge in [-0.1, -0.05) is 5.10 Å². The van der Waals surface area contributed by atoms with Crippen LogP contribution in [-0.4, -0.2) is 164 Å². The molecule has 0 spiro atoms. The lowest BCUT2D eigenvalue weighted by molar-refractivity contribution is -0.129. The molecular weight excluding hydrogens is 891 g/mol. The number of carbonyl (C=O) groups is 4. The summed E-state index contributed by atoms with van der Waals surface area (Å²) in [5, 5.41) is 36.8. The fraction of sp³-hybridized carbons (Fsp3) is 0.500. The molecule has 4 saturated heterocycles. The Hall–Kier alpha value is -6.77. The number of amides is 4. The van der Waals surface area contributed by atoms with E-state index in [9.17, 15) is 24.3 Å². The molecule has 3 atom stereocenters. The minimum atomic E-state index is -1.26. The van der Waals surface area contributed by atoms with Crippen LogP contribution in [0.5, 0.6) is 0 Å². The molecule has 366 valence electrons. The van der Waals surface area contributed by atoms with Crippen molar-refractivity contribution in [2.75, 3.05) is 92.5 Å². The SMILES string of the molecule is CC1=C(C(=O)Nc2ccc3[nH]nc(-c4ccnc(N5CCN(CCN6CCC(CC7CCN(c8ccc9c(c8)C(=O)N(C8CCC(=O)NC8O)C9=O)CC7)CC6)CC5)c4)c3c2)[C@@H](C)n2nnnc2N1C. The quantitative estimate of drug-likeness (QED) is 0.138. The number of piperazine rings is 1. The van der Waals surface area contributed by atoms with Crippen molar-refractivity contribution in [3.05, 3.63) is 77.1 Å². The van der Waals surface area contributed by atoms with Crippen LogP contribution < -0.4 is 25.3 Å². The van der Waals surface area contributed by atoms with Gasteiger partial charge < -0.3 is 35.3 Å². The molecule has 2 aromatic carbocycles. The number of pyridine rings is 1. The van der Waals surface area contributed by atoms with E-state index in [0.717, 1.165) is 128 Å². The summed E-state index contributed by atoms with van der Waals surface area (Å²) in [5.41, 5.74) is 6.40. The number of hydrogen-bond donors (Lipinski definition) is 4. The van der Waals surface area contributed by atoms with Crippen LogP contribution in [-0.2, 0) is 9.59 Å². The molecule has 4 fully saturated rings. The molecule has 70 heavy (non-hydrogen) atoms. The zero-order chi connectivity index (χ0) is 48.2. The third-order valence-corrected chi connectivity index (χ3v) is 15.9. The topological polar surface area (TPSA) is 217 Å². The highest BCUT2D eigenvalue weighted by Crippen LogP contribution is 2.37. The number of piperidine rings is 3. The fourth-order valence-electron chi connectivity index (χ4n) is 11.6. The summed E-state index contributed by atoms with van der Waals surface area (Å²) in [5.74, 6) is 1.67. The van der Waals surface area contributed by atoms with Crippen molar-refractivity contribution < 1.29 is 24.3 Å². The Kier molecular flexibility index (Phi) is 12.3. The van der Waals surface area contributed by atoms with Gasteiger partial charge in [-0.05, 0) is 136 Å². The molecule has 0 bridgehead atoms. The second kappa shape index (κ2) is 18.9. The number of H-pyrrole nitrogens is 1. The van der Waals surface area contributed by atoms with Gasteiger partial charge >= 0.3 is 0 Å². The molecular formula is C50H61N15O5. The van der Waals surface area contributed by atoms with E-state index in [1.807, 2.05) is 68.4 Å². The molecule has 2 unspecified atom stereocenters. The number of imide groups is 1. The van der Waals surface area contributed by atoms with Gasteiger partial charge in [0.1, 0.15) is 17.7 Å². The monoisotopic (exact) mass is 951 g/mol. The van der Waals surface area contributed by atoms with E-state index in [0.29, 0.717) is 34.3 Å². The summed E-state index contributed by atoms with van der Waals surface area (Å²) in [6.45, 7) is 13.9. The number of likely N-dealkylation sites (tertiary alicyclic amines) is 1. The van der Waals surface area contributed by atoms with Crippen LogP contribution in [0.25, 0.3) is 22.2 Å². The molecule has 6 aliphatic heterocycles. The number of nitrogens with zero attached hydrogens (tertiary/aromatic N) is 12. The van der Waals surface area contributed by atoms with E-state index < -0.39 is 24.1 Å². The van der Waals surface area contributed by atoms with Crippen LogP contribution >= 0.6 is 0 Å². The van der Waals surface area contributed by atoms with Gasteiger partial charge in [-0.3, -0.25) is 34.1 Å². The second-order valence-corrected chi connectivity index (χ2v) is 20.0. The van der Waals surface area contributed by atoms with E-state index in [1.54, 1.807) is 10.7 Å². The Morgan fingerprint density at radius 2 is 1.56 bits per heavy atom. The number of benzene rings is 2. The summed E-state index contributed by atoms with van der Waals surface area (Å²) < 4.78 is 1.66. The van der Waals surface area contributed by atoms with Gasteiger partial charge in [0.05, 0.1) is 34.3 Å². The minimum Gasteiger partial charge on any atom is -0.372 e. The maximum absolute atomic E-state index is 13.7. The molecule has 9 heterocycles. The third-order valence-electron chi connectivity index (χ3n) is 15.9. The standard InChI is InChI=1S/C50H61N15O5/c1-30-44(31(2)65-50(59(30)3)56-57-58-65)47(68)52-35-4-7-40-39(28-35)45(55-54-40)34-10-15-51-42(27-34)63-24-22-61(23-25-63)21-20-60-16-11-32(12-17-60)26-33-13-18-62(19-14-33)36-5-6-37-38(29-36)49(70)64(48(37)69)41-8-9-43(66)53-46(41)67/h4-7,10,15,27-29,31-33,41,46,67H,8-9,11-14,16-26H2,1-3H3,(H,52,68)(H,53,66)(H,54,55)/t31-,41?,46?/m1/s1. The van der Waals surface area contributed by atoms with E-state index in [4.69, 9.17) is 10.1 Å². The number of aromatic amines is 1. The Balaban J connectivity index is 0.619. The highest BCUT2D eigenvalue weighted by Gasteiger charge is 2.45. The average Bonchev–Trinajstić information content (AvgIpc) is 4.10. The number of anilines is 4. The lowest BCUT2D eigenvalue weighted by Crippen LogP contribution is -2.57. The molecule has 20 heteroatoms. The summed E-state index contributed by atoms with van der Waals surface area (Å²) in [7, 11) is 1.85. The van der Waals surface area contributed by atoms with Crippen molar-refractivity contribution in [3.63, 3.8) is 0 Å². The first-order chi connectivity index (χ1) is 34.0. The Labute approximate surface area is 406 Å². The lowest BCUT2D eigenvalue weighted by Gasteiger charge is -2.39. The van der Waals surface area contributed by atoms with Crippen LogP contribution in [0.15, 0.2) is 66.0 Å². The number of rotatable bonds is 11. The normalized spacial score (nSPS) is 23.1. The first kappa shape index (κ1) is 45.7. The van der Waals surface area contributed by atoms with Crippen LogP contribution in [0, 0.1) is 11.8 Å². The highest BCUT2D eigenvalue weighted by atomic mass is 16.3. The Bertz CT molecular complexity index is 2850. The van der Waals surface area contributed by atoms with Gasteiger partial charge in [0.25, 0.3) is 17.7 Å². The number of nitrogens with one attached hydrogen (secondary N) is 3. The van der Waals surface area contributed by atoms with Crippen LogP contribution in [0.3, 0.4) is 0 Å². The van der Waals surface area contributed by atoms with Crippen LogP contribution in [0.2, 0.25) is 0 Å². The molecule has 0 radical (unpaired) electrons. The molecule has 0 saturated carbocycles. The molecule has 20 nitrogen and oxygen atoms in total. The second-order valence-electron chi connectivity index (χ2n) is 20.0. The first-order valence-electron chi connectivity index (χ1n) is 24.9. The summed E-state index contributed by atoms with van der Waals surface area (Å²) in [6, 6.07) is 14.3. The molecule has 11 rings (SSSR count). The molecule has 6 aliphatic rings. The van der Waals surface area contributed by atoms with Gasteiger partial charge in [-0.25, -0.2) is 9.67 Å². The largest absolute Gasteiger partial charge is 0.372 e. The zero-order valence-electron chi connectivity index (χ0n) is 40.1. The maximum atomic E-state index is 13.7. The highest BCUT2D eigenvalue weighted by molar-refractivity contribution is 6.22. The number of aromatic nitrogens is 7. The number of aliphatic hydroxyl groups excluding tert-OH is 1. The van der Waals surface area contributed by atoms with Crippen molar-refractivity contribution in [2.45, 2.75) is 77.1 Å². The maximum Gasteiger partial charge on any atom is 0.262 e. The number of fused-ring (bicyclic) bond motifs is 3. The fourth-order valence-corrected chi connectivity index (χ4v) is 11.6. The van der Waals surface area contributed by atoms with Crippen molar-refractivity contribution in [1.82, 2.24) is 55.4 Å². The average molecular weight is 952 g/mol. The van der Waals surface area contributed by atoms with Crippen molar-refractivity contribution in [1.29, 1.82) is 0 Å². The van der Waals surface area contributed by atoms with E-state index in [2.05, 4.69) is 56.9 Å². The van der Waals surface area contributed by atoms with Gasteiger partial charge in [-0.15, -0.1) is 0 Å². The van der Waals surface area contributed by atoms with Gasteiger partial charge in [0.2, 0.25) is 11.9 Å². The lowest BCUT2D eigenvalue weighted by atomic mass is 9.82. The molecule has 4 N–H and O–H groups in total. The van der Waals surface area contributed by atoms with E-state index in [1.165, 1.54) is 19.3 Å². The predicted molar refractivity (Wildman–Crippen MR) is 263 cm³/mol. The minimum absolute atomic E-state index is 0.164. The smallest absolute Gasteiger partial charge is 0.262 e. The molecule has 5 aromatic rings. The Morgan fingerprint density at radius 3 is 2.31 bits per heavy atom. The number of aliphatic hydroxyl groups is 1. The summed E-state index contributed by atoms with van der Waals surface area (Å²) in [6.07, 6.45) is 6.98. The number of carbonyl (C=O) groups excluding carboxylic acids is 4. The molecule has 3 aromatic heterocycles. The van der Waals surface area contributed by atoms with Crippen molar-refractivity contribution in [3.8, 4) is 11.3 Å². The zero-order valence-corrected chi connectivity index (χ0v) is 40.1. The number of tetrazole rings is 1. The van der Waals surface area contributed by atoms with Gasteiger partial charge in [0, 0.05) is 100 Å². The molecule has 4 amide bonds. The van der Waals surface area contributed by atoms with E-state index in [-0.39, 0.29) is 30.7 Å². The number of hydrogen-bond acceptors (Lipinski definition) is 15. The van der Waals surface area contributed by atoms with Crippen molar-refractivity contribution in [2.24, 2.45) is 11.8 Å². The van der Waals surface area contributed by atoms with Gasteiger partial charge in [-0.2, -0.15) is 5.10 Å². The summed E-state index contributed by atoms with van der Waals surface area (Å²) >= 11 is 0. The summed E-state index contributed by atoms with van der Waals surface area (Å²) in [4.78, 5) is 69.7. The van der Waals surface area contributed by atoms with Crippen molar-refractivity contribution >= 4 is 57.7 Å². The number of allylic oxidation sites excluding steroid dienone is 1.